The van der Waals surface area contributed by atoms with Gasteiger partial charge in [0.15, 0.2) is 0 Å². The van der Waals surface area contributed by atoms with Gasteiger partial charge in [0.2, 0.25) is 0 Å². The first kappa shape index (κ1) is 11.7. The fraction of sp³-hybridized carbons (Fsp3) is 0.286. The number of alkyl halides is 1. The average Bonchev–Trinajstić information content (AvgIpc) is 2.82. The van der Waals surface area contributed by atoms with E-state index in [9.17, 15) is 0 Å². The first-order chi connectivity index (χ1) is 7.88. The minimum Gasteiger partial charge on any atom is -0.152 e. The van der Waals surface area contributed by atoms with E-state index in [-0.39, 0.29) is 0 Å². The van der Waals surface area contributed by atoms with E-state index in [0.717, 1.165) is 18.7 Å². The van der Waals surface area contributed by atoms with Crippen molar-refractivity contribution in [1.82, 2.24) is 0 Å². The molecule has 1 unspecified atom stereocenters. The van der Waals surface area contributed by atoms with E-state index in [0.29, 0.717) is 5.92 Å². The van der Waals surface area contributed by atoms with E-state index >= 15 is 0 Å². The van der Waals surface area contributed by atoms with Gasteiger partial charge in [-0.25, -0.2) is 0 Å². The number of hydrogen-bond donors (Lipinski definition) is 0. The fourth-order valence-corrected chi connectivity index (χ4v) is 2.77. The van der Waals surface area contributed by atoms with Crippen LogP contribution < -0.4 is 0 Å². The second kappa shape index (κ2) is 6.07. The normalized spacial score (nSPS) is 12.6. The summed E-state index contributed by atoms with van der Waals surface area (Å²) in [5.74, 6) is 1.27. The predicted octanol–water partition coefficient (Wildman–Crippen LogP) is 4.39. The molecule has 1 aromatic heterocycles. The van der Waals surface area contributed by atoms with Crippen LogP contribution >= 0.6 is 22.9 Å². The van der Waals surface area contributed by atoms with Gasteiger partial charge in [-0.1, -0.05) is 30.3 Å². The van der Waals surface area contributed by atoms with Gasteiger partial charge in [0, 0.05) is 5.88 Å². The Balaban J connectivity index is 1.96. The lowest BCUT2D eigenvalue weighted by Crippen LogP contribution is -2.09. The maximum Gasteiger partial charge on any atom is 0.0258 e. The molecule has 1 atom stereocenters. The number of rotatable bonds is 5. The van der Waals surface area contributed by atoms with Crippen molar-refractivity contribution in [3.63, 3.8) is 0 Å². The van der Waals surface area contributed by atoms with Crippen LogP contribution in [0.1, 0.15) is 11.1 Å². The van der Waals surface area contributed by atoms with Crippen molar-refractivity contribution in [3.05, 3.63) is 58.3 Å². The van der Waals surface area contributed by atoms with Crippen LogP contribution in [0.25, 0.3) is 0 Å². The van der Waals surface area contributed by atoms with Crippen LogP contribution in [0.3, 0.4) is 0 Å². The summed E-state index contributed by atoms with van der Waals surface area (Å²) in [5, 5.41) is 4.34. The SMILES string of the molecule is ClCC(Cc1ccccc1)Cc1ccsc1. The van der Waals surface area contributed by atoms with Gasteiger partial charge in [-0.2, -0.15) is 11.3 Å². The molecule has 0 bridgehead atoms. The molecule has 84 valence electrons. The maximum atomic E-state index is 6.04. The van der Waals surface area contributed by atoms with E-state index in [1.807, 2.05) is 0 Å². The smallest absolute Gasteiger partial charge is 0.0258 e. The fourth-order valence-electron chi connectivity index (χ4n) is 1.87. The number of thiophene rings is 1. The van der Waals surface area contributed by atoms with Crippen molar-refractivity contribution in [2.45, 2.75) is 12.8 Å². The third kappa shape index (κ3) is 3.36. The average molecular weight is 251 g/mol. The van der Waals surface area contributed by atoms with Gasteiger partial charge in [-0.15, -0.1) is 11.6 Å². The van der Waals surface area contributed by atoms with E-state index in [2.05, 4.69) is 47.2 Å². The van der Waals surface area contributed by atoms with Crippen LogP contribution in [-0.2, 0) is 12.8 Å². The number of benzene rings is 1. The lowest BCUT2D eigenvalue weighted by Gasteiger charge is -2.12. The van der Waals surface area contributed by atoms with Crippen LogP contribution in [0.4, 0.5) is 0 Å². The van der Waals surface area contributed by atoms with Crippen LogP contribution in [0.2, 0.25) is 0 Å². The largest absolute Gasteiger partial charge is 0.152 e. The van der Waals surface area contributed by atoms with Crippen molar-refractivity contribution >= 4 is 22.9 Å². The molecule has 16 heavy (non-hydrogen) atoms. The summed E-state index contributed by atoms with van der Waals surface area (Å²) in [6.45, 7) is 0. The maximum absolute atomic E-state index is 6.04. The standard InChI is InChI=1S/C14H15ClS/c15-10-14(9-13-6-7-16-11-13)8-12-4-2-1-3-5-12/h1-7,11,14H,8-10H2. The zero-order valence-electron chi connectivity index (χ0n) is 9.10. The monoisotopic (exact) mass is 250 g/mol. The molecule has 2 heteroatoms. The van der Waals surface area contributed by atoms with Gasteiger partial charge in [0.1, 0.15) is 0 Å². The molecule has 0 saturated carbocycles. The number of hydrogen-bond acceptors (Lipinski definition) is 1. The summed E-state index contributed by atoms with van der Waals surface area (Å²) in [6, 6.07) is 12.8. The van der Waals surface area contributed by atoms with E-state index in [1.165, 1.54) is 11.1 Å². The Morgan fingerprint density at radius 3 is 2.38 bits per heavy atom. The lowest BCUT2D eigenvalue weighted by molar-refractivity contribution is 0.585. The summed E-state index contributed by atoms with van der Waals surface area (Å²) in [6.07, 6.45) is 2.15. The second-order valence-electron chi connectivity index (χ2n) is 4.05. The van der Waals surface area contributed by atoms with Gasteiger partial charge < -0.3 is 0 Å². The molecule has 0 aliphatic rings. The molecule has 0 aliphatic carbocycles. The van der Waals surface area contributed by atoms with Crippen LogP contribution in [-0.4, -0.2) is 5.88 Å². The summed E-state index contributed by atoms with van der Waals surface area (Å²) < 4.78 is 0. The summed E-state index contributed by atoms with van der Waals surface area (Å²) in [5.41, 5.74) is 2.79. The highest BCUT2D eigenvalue weighted by molar-refractivity contribution is 7.07. The molecule has 2 aromatic rings. The molecular weight excluding hydrogens is 236 g/mol. The van der Waals surface area contributed by atoms with Gasteiger partial charge in [-0.05, 0) is 46.7 Å². The molecule has 0 radical (unpaired) electrons. The van der Waals surface area contributed by atoms with Gasteiger partial charge in [-0.3, -0.25) is 0 Å². The molecular formula is C14H15ClS. The van der Waals surface area contributed by atoms with Crippen molar-refractivity contribution in [2.24, 2.45) is 5.92 Å². The van der Waals surface area contributed by atoms with Crippen molar-refractivity contribution in [2.75, 3.05) is 5.88 Å². The Labute approximate surface area is 106 Å². The van der Waals surface area contributed by atoms with Gasteiger partial charge >= 0.3 is 0 Å². The summed E-state index contributed by atoms with van der Waals surface area (Å²) >= 11 is 7.79. The Kier molecular flexibility index (Phi) is 4.44. The zero-order valence-corrected chi connectivity index (χ0v) is 10.7. The van der Waals surface area contributed by atoms with Crippen molar-refractivity contribution in [1.29, 1.82) is 0 Å². The Hall–Kier alpha value is -0.790. The predicted molar refractivity (Wildman–Crippen MR) is 72.4 cm³/mol. The van der Waals surface area contributed by atoms with E-state index < -0.39 is 0 Å². The Morgan fingerprint density at radius 1 is 1.00 bits per heavy atom. The van der Waals surface area contributed by atoms with Crippen molar-refractivity contribution < 1.29 is 0 Å². The third-order valence-electron chi connectivity index (χ3n) is 2.69. The molecule has 2 rings (SSSR count). The molecule has 0 spiro atoms. The lowest BCUT2D eigenvalue weighted by atomic mass is 9.95. The topological polar surface area (TPSA) is 0 Å². The van der Waals surface area contributed by atoms with E-state index in [1.54, 1.807) is 11.3 Å². The molecule has 0 fully saturated rings. The molecule has 1 heterocycles. The first-order valence-corrected chi connectivity index (χ1v) is 6.97. The first-order valence-electron chi connectivity index (χ1n) is 5.49. The molecule has 0 saturated heterocycles. The summed E-state index contributed by atoms with van der Waals surface area (Å²) in [7, 11) is 0. The highest BCUT2D eigenvalue weighted by Crippen LogP contribution is 2.17. The highest BCUT2D eigenvalue weighted by Gasteiger charge is 2.09. The van der Waals surface area contributed by atoms with Gasteiger partial charge in [0.05, 0.1) is 0 Å². The number of halogens is 1. The van der Waals surface area contributed by atoms with Crippen LogP contribution in [0.15, 0.2) is 47.2 Å². The zero-order chi connectivity index (χ0) is 11.2. The molecule has 0 nitrogen and oxygen atoms in total. The molecule has 1 aromatic carbocycles. The molecule has 0 N–H and O–H groups in total. The minimum absolute atomic E-state index is 0.540. The van der Waals surface area contributed by atoms with Crippen LogP contribution in [0.5, 0.6) is 0 Å². The van der Waals surface area contributed by atoms with E-state index in [4.69, 9.17) is 11.6 Å². The Bertz CT molecular complexity index is 394. The van der Waals surface area contributed by atoms with Gasteiger partial charge in [0.25, 0.3) is 0 Å². The Morgan fingerprint density at radius 2 is 1.75 bits per heavy atom. The molecule has 0 aliphatic heterocycles. The van der Waals surface area contributed by atoms with Crippen molar-refractivity contribution in [3.8, 4) is 0 Å². The summed E-state index contributed by atoms with van der Waals surface area (Å²) in [4.78, 5) is 0. The highest BCUT2D eigenvalue weighted by atomic mass is 35.5. The molecule has 0 amide bonds. The minimum atomic E-state index is 0.540. The van der Waals surface area contributed by atoms with Crippen LogP contribution in [0, 0.1) is 5.92 Å². The third-order valence-corrected chi connectivity index (χ3v) is 3.86. The quantitative estimate of drug-likeness (QED) is 0.691. The second-order valence-corrected chi connectivity index (χ2v) is 5.13.